The molecule has 6 nitrogen and oxygen atoms in total. The van der Waals surface area contributed by atoms with Gasteiger partial charge in [-0.15, -0.1) is 0 Å². The summed E-state index contributed by atoms with van der Waals surface area (Å²) in [6.07, 6.45) is 2.15. The molecular formula is C13H22N4O2S. The smallest absolute Gasteiger partial charge is 0.242 e. The molecule has 0 saturated heterocycles. The Hall–Kier alpha value is -1.47. The second-order valence-corrected chi connectivity index (χ2v) is 7.23. The number of aromatic nitrogens is 1. The third-order valence-corrected chi connectivity index (χ3v) is 4.10. The topological polar surface area (TPSA) is 83.5 Å². The third kappa shape index (κ3) is 5.26. The summed E-state index contributed by atoms with van der Waals surface area (Å²) in [5, 5.41) is 4.10. The van der Waals surface area contributed by atoms with E-state index >= 15 is 0 Å². The van der Waals surface area contributed by atoms with E-state index < -0.39 is 15.6 Å². The van der Waals surface area contributed by atoms with Gasteiger partial charge in [-0.1, -0.05) is 6.92 Å². The van der Waals surface area contributed by atoms with Crippen LogP contribution in [-0.4, -0.2) is 24.7 Å². The number of rotatable bonds is 5. The van der Waals surface area contributed by atoms with Gasteiger partial charge in [-0.05, 0) is 46.2 Å². The van der Waals surface area contributed by atoms with Crippen molar-refractivity contribution in [2.24, 2.45) is 5.10 Å². The molecule has 0 aliphatic heterocycles. The molecule has 1 heterocycles. The predicted octanol–water partition coefficient (Wildman–Crippen LogP) is 2.36. The van der Waals surface area contributed by atoms with Gasteiger partial charge in [0, 0.05) is 17.4 Å². The van der Waals surface area contributed by atoms with E-state index in [0.29, 0.717) is 5.82 Å². The molecule has 0 aliphatic rings. The highest BCUT2D eigenvalue weighted by Crippen LogP contribution is 2.13. The molecule has 0 spiro atoms. The number of hydrogen-bond acceptors (Lipinski definition) is 5. The molecule has 112 valence electrons. The fourth-order valence-corrected chi connectivity index (χ4v) is 2.66. The number of pyridine rings is 1. The zero-order valence-corrected chi connectivity index (χ0v) is 13.4. The number of sulfonamides is 1. The third-order valence-electron chi connectivity index (χ3n) is 2.36. The van der Waals surface area contributed by atoms with E-state index in [1.54, 1.807) is 26.8 Å². The predicted molar refractivity (Wildman–Crippen MR) is 81.3 cm³/mol. The SMILES string of the molecule is CC/C(C)=N/Nc1ccc(S(=O)(=O)NC(C)(C)C)cn1. The first-order valence-electron chi connectivity index (χ1n) is 6.43. The maximum Gasteiger partial charge on any atom is 0.242 e. The fraction of sp³-hybridized carbons (Fsp3) is 0.538. The normalized spacial score (nSPS) is 13.3. The summed E-state index contributed by atoms with van der Waals surface area (Å²) in [6, 6.07) is 3.09. The Morgan fingerprint density at radius 3 is 2.45 bits per heavy atom. The fourth-order valence-electron chi connectivity index (χ4n) is 1.30. The Bertz CT molecular complexity index is 571. The minimum absolute atomic E-state index is 0.133. The van der Waals surface area contributed by atoms with Crippen LogP contribution in [0.2, 0.25) is 0 Å². The number of anilines is 1. The molecule has 0 bridgehead atoms. The molecule has 0 aliphatic carbocycles. The molecule has 0 radical (unpaired) electrons. The lowest BCUT2D eigenvalue weighted by atomic mass is 10.1. The molecule has 1 aromatic rings. The maximum absolute atomic E-state index is 12.1. The van der Waals surface area contributed by atoms with Crippen molar-refractivity contribution in [3.8, 4) is 0 Å². The van der Waals surface area contributed by atoms with Gasteiger partial charge < -0.3 is 0 Å². The van der Waals surface area contributed by atoms with Gasteiger partial charge >= 0.3 is 0 Å². The van der Waals surface area contributed by atoms with Crippen molar-refractivity contribution in [2.45, 2.75) is 51.5 Å². The number of hydrazone groups is 1. The van der Waals surface area contributed by atoms with E-state index in [4.69, 9.17) is 0 Å². The van der Waals surface area contributed by atoms with Gasteiger partial charge in [0.25, 0.3) is 0 Å². The van der Waals surface area contributed by atoms with Crippen LogP contribution < -0.4 is 10.1 Å². The summed E-state index contributed by atoms with van der Waals surface area (Å²) >= 11 is 0. The summed E-state index contributed by atoms with van der Waals surface area (Å²) in [5.74, 6) is 0.507. The van der Waals surface area contributed by atoms with Crippen LogP contribution in [0.1, 0.15) is 41.0 Å². The zero-order chi connectivity index (χ0) is 15.4. The van der Waals surface area contributed by atoms with Crippen molar-refractivity contribution in [1.82, 2.24) is 9.71 Å². The average molecular weight is 298 g/mol. The summed E-state index contributed by atoms with van der Waals surface area (Å²) in [4.78, 5) is 4.18. The van der Waals surface area contributed by atoms with Gasteiger partial charge in [0.05, 0.1) is 0 Å². The standard InChI is InChI=1S/C13H22N4O2S/c1-6-10(2)15-16-12-8-7-11(9-14-12)20(18,19)17-13(3,4)5/h7-9,17H,6H2,1-5H3,(H,14,16)/b15-10+. The highest BCUT2D eigenvalue weighted by atomic mass is 32.2. The van der Waals surface area contributed by atoms with Crippen LogP contribution in [0.5, 0.6) is 0 Å². The molecule has 2 N–H and O–H groups in total. The first-order valence-corrected chi connectivity index (χ1v) is 7.91. The van der Waals surface area contributed by atoms with Gasteiger partial charge in [0.15, 0.2) is 0 Å². The van der Waals surface area contributed by atoms with E-state index in [9.17, 15) is 8.42 Å². The largest absolute Gasteiger partial charge is 0.261 e. The van der Waals surface area contributed by atoms with Gasteiger partial charge in [0.1, 0.15) is 10.7 Å². The number of hydrogen-bond donors (Lipinski definition) is 2. The Kier molecular flexibility index (Phi) is 5.24. The molecule has 20 heavy (non-hydrogen) atoms. The van der Waals surface area contributed by atoms with Crippen molar-refractivity contribution in [3.63, 3.8) is 0 Å². The lowest BCUT2D eigenvalue weighted by Crippen LogP contribution is -2.40. The highest BCUT2D eigenvalue weighted by Gasteiger charge is 2.22. The molecule has 0 aromatic carbocycles. The number of nitrogens with zero attached hydrogens (tertiary/aromatic N) is 2. The molecule has 0 amide bonds. The highest BCUT2D eigenvalue weighted by molar-refractivity contribution is 7.89. The van der Waals surface area contributed by atoms with Gasteiger partial charge in [0.2, 0.25) is 10.0 Å². The first-order chi connectivity index (χ1) is 9.14. The molecule has 1 aromatic heterocycles. The summed E-state index contributed by atoms with van der Waals surface area (Å²) in [6.45, 7) is 9.27. The molecule has 1 rings (SSSR count). The van der Waals surface area contributed by atoms with Crippen LogP contribution in [-0.2, 0) is 10.0 Å². The number of nitrogens with one attached hydrogen (secondary N) is 2. The van der Waals surface area contributed by atoms with E-state index in [2.05, 4.69) is 20.2 Å². The van der Waals surface area contributed by atoms with Crippen LogP contribution in [0.15, 0.2) is 28.3 Å². The van der Waals surface area contributed by atoms with E-state index in [1.807, 2.05) is 13.8 Å². The second-order valence-electron chi connectivity index (χ2n) is 5.55. The minimum atomic E-state index is -3.55. The minimum Gasteiger partial charge on any atom is -0.261 e. The van der Waals surface area contributed by atoms with Gasteiger partial charge in [-0.3, -0.25) is 5.43 Å². The Labute approximate surface area is 120 Å². The lowest BCUT2D eigenvalue weighted by Gasteiger charge is -2.20. The molecule has 7 heteroatoms. The van der Waals surface area contributed by atoms with Crippen LogP contribution in [0.3, 0.4) is 0 Å². The van der Waals surface area contributed by atoms with Gasteiger partial charge in [-0.25, -0.2) is 18.1 Å². The van der Waals surface area contributed by atoms with Crippen molar-refractivity contribution in [2.75, 3.05) is 5.43 Å². The van der Waals surface area contributed by atoms with Crippen LogP contribution in [0.4, 0.5) is 5.82 Å². The quantitative estimate of drug-likeness (QED) is 0.645. The summed E-state index contributed by atoms with van der Waals surface area (Å²) < 4.78 is 26.7. The van der Waals surface area contributed by atoms with E-state index in [-0.39, 0.29) is 4.90 Å². The average Bonchev–Trinajstić information content (AvgIpc) is 2.33. The Balaban J connectivity index is 2.86. The van der Waals surface area contributed by atoms with E-state index in [1.165, 1.54) is 12.3 Å². The molecule has 0 saturated carbocycles. The van der Waals surface area contributed by atoms with Crippen molar-refractivity contribution >= 4 is 21.6 Å². The monoisotopic (exact) mass is 298 g/mol. The molecular weight excluding hydrogens is 276 g/mol. The summed E-state index contributed by atoms with van der Waals surface area (Å²) in [5.41, 5.74) is 3.20. The van der Waals surface area contributed by atoms with E-state index in [0.717, 1.165) is 12.1 Å². The zero-order valence-electron chi connectivity index (χ0n) is 12.6. The van der Waals surface area contributed by atoms with Crippen LogP contribution >= 0.6 is 0 Å². The van der Waals surface area contributed by atoms with Crippen LogP contribution in [0, 0.1) is 0 Å². The van der Waals surface area contributed by atoms with Gasteiger partial charge in [-0.2, -0.15) is 5.10 Å². The molecule has 0 atom stereocenters. The second kappa shape index (κ2) is 6.32. The maximum atomic E-state index is 12.1. The Morgan fingerprint density at radius 2 is 2.00 bits per heavy atom. The van der Waals surface area contributed by atoms with Crippen molar-refractivity contribution in [3.05, 3.63) is 18.3 Å². The van der Waals surface area contributed by atoms with Crippen molar-refractivity contribution in [1.29, 1.82) is 0 Å². The Morgan fingerprint density at radius 1 is 1.35 bits per heavy atom. The van der Waals surface area contributed by atoms with Crippen LogP contribution in [0.25, 0.3) is 0 Å². The lowest BCUT2D eigenvalue weighted by molar-refractivity contribution is 0.491. The van der Waals surface area contributed by atoms with Crippen molar-refractivity contribution < 1.29 is 8.42 Å². The first kappa shape index (κ1) is 16.6. The summed E-state index contributed by atoms with van der Waals surface area (Å²) in [7, 11) is -3.55. The molecule has 0 unspecified atom stereocenters. The molecule has 0 fully saturated rings.